The number of fused-ring (bicyclic) bond motifs is 1. The maximum atomic E-state index is 13.3. The topological polar surface area (TPSA) is 86.7 Å². The zero-order chi connectivity index (χ0) is 22.1. The van der Waals surface area contributed by atoms with Crippen LogP contribution in [0.5, 0.6) is 0 Å². The Morgan fingerprint density at radius 3 is 2.68 bits per heavy atom. The van der Waals surface area contributed by atoms with Gasteiger partial charge in [-0.05, 0) is 60.1 Å². The number of ketones is 1. The summed E-state index contributed by atoms with van der Waals surface area (Å²) in [7, 11) is 1.41. The van der Waals surface area contributed by atoms with E-state index in [-0.39, 0.29) is 28.7 Å². The molecule has 0 atom stereocenters. The number of nitrogens with two attached hydrogens (primary N) is 1. The van der Waals surface area contributed by atoms with Crippen LogP contribution in [-0.2, 0) is 9.53 Å². The Balaban J connectivity index is 1.90. The van der Waals surface area contributed by atoms with E-state index in [1.807, 2.05) is 5.38 Å². The number of methoxy groups -OCH3 is 1. The lowest BCUT2D eigenvalue weighted by Crippen LogP contribution is -2.17. The third kappa shape index (κ3) is 3.73. The molecule has 0 amide bonds. The molecule has 31 heavy (non-hydrogen) atoms. The van der Waals surface area contributed by atoms with Crippen LogP contribution in [0.25, 0.3) is 22.3 Å². The van der Waals surface area contributed by atoms with E-state index >= 15 is 0 Å². The van der Waals surface area contributed by atoms with Crippen LogP contribution in [-0.4, -0.2) is 22.3 Å². The molecule has 4 rings (SSSR count). The first kappa shape index (κ1) is 20.5. The average Bonchev–Trinajstić information content (AvgIpc) is 3.17. The average molecular weight is 435 g/mol. The van der Waals surface area contributed by atoms with Gasteiger partial charge in [-0.3, -0.25) is 14.0 Å². The van der Waals surface area contributed by atoms with Gasteiger partial charge in [0.25, 0.3) is 5.56 Å². The molecule has 1 aromatic carbocycles. The summed E-state index contributed by atoms with van der Waals surface area (Å²) in [6, 6.07) is 5.99. The molecule has 1 aliphatic carbocycles. The van der Waals surface area contributed by atoms with Gasteiger partial charge in [0.1, 0.15) is 11.6 Å². The van der Waals surface area contributed by atoms with Crippen molar-refractivity contribution in [2.24, 2.45) is 0 Å². The predicted octanol–water partition coefficient (Wildman–Crippen LogP) is 4.14. The number of nitrogens with zero attached hydrogens (tertiary/aromatic N) is 2. The molecule has 0 saturated heterocycles. The van der Waals surface area contributed by atoms with Crippen LogP contribution in [0.4, 0.5) is 10.2 Å². The van der Waals surface area contributed by atoms with Gasteiger partial charge >= 0.3 is 0 Å². The molecule has 0 spiro atoms. The zero-order valence-corrected chi connectivity index (χ0v) is 17.4. The Hall–Kier alpha value is -3.78. The predicted molar refractivity (Wildman–Crippen MR) is 120 cm³/mol. The summed E-state index contributed by atoms with van der Waals surface area (Å²) in [5, 5.41) is 1.81. The first-order valence-corrected chi connectivity index (χ1v) is 10.2. The quantitative estimate of drug-likeness (QED) is 0.609. The van der Waals surface area contributed by atoms with Crippen LogP contribution < -0.4 is 11.3 Å². The molecule has 2 N–H and O–H groups in total. The lowest BCUT2D eigenvalue weighted by atomic mass is 9.95. The van der Waals surface area contributed by atoms with Crippen molar-refractivity contribution in [2.75, 3.05) is 12.8 Å². The number of carbonyl (C=O) groups excluding carboxylic acids is 1. The van der Waals surface area contributed by atoms with Gasteiger partial charge in [0.2, 0.25) is 5.78 Å². The number of nitrogen functional groups attached to an aromatic ring is 1. The fraction of sp³-hybridized carbons (Fsp3) is 0.0870. The fourth-order valence-electron chi connectivity index (χ4n) is 3.35. The third-order valence-electron chi connectivity index (χ3n) is 4.84. The minimum absolute atomic E-state index is 0.167. The molecule has 0 aliphatic heterocycles. The number of halogens is 1. The highest BCUT2D eigenvalue weighted by Crippen LogP contribution is 2.30. The maximum absolute atomic E-state index is 13.3. The first-order chi connectivity index (χ1) is 14.9. The van der Waals surface area contributed by atoms with E-state index in [0.29, 0.717) is 28.2 Å². The van der Waals surface area contributed by atoms with Crippen LogP contribution >= 0.6 is 11.3 Å². The molecular weight excluding hydrogens is 417 g/mol. The second kappa shape index (κ2) is 8.16. The standard InChI is InChI=1S/C23H18FN3O3S/c1-3-4-15-9-13(11-19(30-2)20(15)28)10-17-21(25)27-18(12-31-23(27)26-22(17)29)14-5-7-16(24)8-6-14/h3,5-12H,1,4,25H2,2H3. The Labute approximate surface area is 181 Å². The summed E-state index contributed by atoms with van der Waals surface area (Å²) in [6.07, 6.45) is 6.79. The summed E-state index contributed by atoms with van der Waals surface area (Å²) in [5.41, 5.74) is 8.60. The van der Waals surface area contributed by atoms with E-state index in [9.17, 15) is 14.0 Å². The summed E-state index contributed by atoms with van der Waals surface area (Å²) in [4.78, 5) is 29.6. The van der Waals surface area contributed by atoms with Gasteiger partial charge in [-0.2, -0.15) is 4.98 Å². The van der Waals surface area contributed by atoms with Crippen molar-refractivity contribution in [3.8, 4) is 11.3 Å². The number of allylic oxidation sites excluding steroid dienone is 5. The van der Waals surface area contributed by atoms with Crippen molar-refractivity contribution in [1.29, 1.82) is 0 Å². The highest BCUT2D eigenvalue weighted by molar-refractivity contribution is 7.15. The van der Waals surface area contributed by atoms with E-state index in [1.54, 1.807) is 40.8 Å². The molecule has 156 valence electrons. The Morgan fingerprint density at radius 1 is 1.26 bits per heavy atom. The normalized spacial score (nSPS) is 15.2. The Bertz CT molecular complexity index is 1360. The monoisotopic (exact) mass is 435 g/mol. The molecule has 8 heteroatoms. The van der Waals surface area contributed by atoms with E-state index in [4.69, 9.17) is 10.5 Å². The second-order valence-electron chi connectivity index (χ2n) is 6.81. The number of aromatic nitrogens is 2. The molecule has 1 aliphatic rings. The number of carbonyl (C=O) groups is 1. The van der Waals surface area contributed by atoms with Gasteiger partial charge in [0.05, 0.1) is 18.4 Å². The van der Waals surface area contributed by atoms with Crippen LogP contribution in [0.2, 0.25) is 0 Å². The van der Waals surface area contributed by atoms with Crippen molar-refractivity contribution in [2.45, 2.75) is 6.42 Å². The van der Waals surface area contributed by atoms with Gasteiger partial charge < -0.3 is 10.5 Å². The Morgan fingerprint density at radius 2 is 2.00 bits per heavy atom. The Kier molecular flexibility index (Phi) is 5.39. The van der Waals surface area contributed by atoms with Crippen molar-refractivity contribution < 1.29 is 13.9 Å². The van der Waals surface area contributed by atoms with Crippen LogP contribution in [0.3, 0.4) is 0 Å². The molecule has 2 aromatic heterocycles. The van der Waals surface area contributed by atoms with Crippen LogP contribution in [0, 0.1) is 5.82 Å². The van der Waals surface area contributed by atoms with Gasteiger partial charge in [-0.15, -0.1) is 17.9 Å². The summed E-state index contributed by atoms with van der Waals surface area (Å²) < 4.78 is 20.2. The molecular formula is C23H18FN3O3S. The summed E-state index contributed by atoms with van der Waals surface area (Å²) in [5.74, 6) is -0.206. The lowest BCUT2D eigenvalue weighted by Gasteiger charge is -2.14. The molecule has 0 bridgehead atoms. The lowest BCUT2D eigenvalue weighted by molar-refractivity contribution is -0.115. The molecule has 0 unspecified atom stereocenters. The number of hydrogen-bond donors (Lipinski definition) is 1. The molecule has 0 fully saturated rings. The van der Waals surface area contributed by atoms with Crippen molar-refractivity contribution in [3.63, 3.8) is 0 Å². The number of rotatable bonds is 5. The molecule has 2 heterocycles. The first-order valence-electron chi connectivity index (χ1n) is 9.32. The molecule has 0 radical (unpaired) electrons. The van der Waals surface area contributed by atoms with Crippen molar-refractivity contribution >= 4 is 34.0 Å². The van der Waals surface area contributed by atoms with Gasteiger partial charge in [-0.1, -0.05) is 6.08 Å². The maximum Gasteiger partial charge on any atom is 0.283 e. The SMILES string of the molecule is C=CCC1=CC(=Cc2c(N)n3c(-c4ccc(F)cc4)csc3nc2=O)C=C(OC)C1=O. The van der Waals surface area contributed by atoms with Crippen LogP contribution in [0.1, 0.15) is 12.0 Å². The van der Waals surface area contributed by atoms with Crippen LogP contribution in [0.15, 0.2) is 76.2 Å². The van der Waals surface area contributed by atoms with Crippen molar-refractivity contribution in [1.82, 2.24) is 9.38 Å². The molecule has 0 saturated carbocycles. The summed E-state index contributed by atoms with van der Waals surface area (Å²) >= 11 is 1.27. The van der Waals surface area contributed by atoms with Gasteiger partial charge in [0, 0.05) is 11.0 Å². The number of hydrogen-bond acceptors (Lipinski definition) is 6. The number of benzene rings is 1. The number of anilines is 1. The highest BCUT2D eigenvalue weighted by atomic mass is 32.1. The van der Waals surface area contributed by atoms with E-state index in [1.165, 1.54) is 30.6 Å². The van der Waals surface area contributed by atoms with E-state index in [0.717, 1.165) is 5.56 Å². The van der Waals surface area contributed by atoms with Gasteiger partial charge in [-0.25, -0.2) is 4.39 Å². The molecule has 3 aromatic rings. The fourth-order valence-corrected chi connectivity index (χ4v) is 4.25. The van der Waals surface area contributed by atoms with E-state index < -0.39 is 5.56 Å². The minimum atomic E-state index is -0.486. The van der Waals surface area contributed by atoms with E-state index in [2.05, 4.69) is 11.6 Å². The zero-order valence-electron chi connectivity index (χ0n) is 16.6. The van der Waals surface area contributed by atoms with Gasteiger partial charge in [0.15, 0.2) is 10.7 Å². The number of thiazole rings is 1. The smallest absolute Gasteiger partial charge is 0.283 e. The third-order valence-corrected chi connectivity index (χ3v) is 5.67. The largest absolute Gasteiger partial charge is 0.493 e. The minimum Gasteiger partial charge on any atom is -0.493 e. The number of Topliss-reactive ketones (excluding diaryl/α,β-unsaturated/α-hetero) is 1. The second-order valence-corrected chi connectivity index (χ2v) is 7.65. The highest BCUT2D eigenvalue weighted by Gasteiger charge is 2.21. The summed E-state index contributed by atoms with van der Waals surface area (Å²) in [6.45, 7) is 3.67. The van der Waals surface area contributed by atoms with Crippen molar-refractivity contribution in [3.05, 3.63) is 93.1 Å². The number of ether oxygens (including phenoxy) is 1. The molecule has 6 nitrogen and oxygen atoms in total.